The summed E-state index contributed by atoms with van der Waals surface area (Å²) in [4.78, 5) is 38.1. The fourth-order valence-corrected chi connectivity index (χ4v) is 7.02. The van der Waals surface area contributed by atoms with Crippen LogP contribution in [-0.2, 0) is 28.6 Å². The van der Waals surface area contributed by atoms with E-state index in [0.29, 0.717) is 12.8 Å². The largest absolute Gasteiger partial charge is 0.462 e. The first-order valence-electron chi connectivity index (χ1n) is 27.7. The number of esters is 3. The minimum Gasteiger partial charge on any atom is -0.462 e. The first-order valence-corrected chi connectivity index (χ1v) is 27.7. The van der Waals surface area contributed by atoms with E-state index in [4.69, 9.17) is 14.2 Å². The van der Waals surface area contributed by atoms with Crippen LogP contribution in [0.15, 0.2) is 134 Å². The minimum atomic E-state index is -0.817. The Morgan fingerprint density at radius 1 is 0.304 bits per heavy atom. The zero-order chi connectivity index (χ0) is 50.0. The first kappa shape index (κ1) is 64.5. The van der Waals surface area contributed by atoms with Gasteiger partial charge in [0.1, 0.15) is 13.2 Å². The average Bonchev–Trinajstić information content (AvgIpc) is 3.35. The zero-order valence-electron chi connectivity index (χ0n) is 44.3. The van der Waals surface area contributed by atoms with Crippen molar-refractivity contribution in [2.24, 2.45) is 0 Å². The van der Waals surface area contributed by atoms with Gasteiger partial charge in [-0.05, 0) is 135 Å². The molecule has 0 bridgehead atoms. The van der Waals surface area contributed by atoms with E-state index in [1.807, 2.05) is 0 Å². The van der Waals surface area contributed by atoms with Gasteiger partial charge in [0.25, 0.3) is 0 Å². The normalized spacial score (nSPS) is 13.1. The Labute approximate surface area is 424 Å². The second kappa shape index (κ2) is 56.1. The number of carbonyl (C=O) groups is 3. The van der Waals surface area contributed by atoms with Crippen LogP contribution in [-0.4, -0.2) is 37.2 Å². The molecule has 0 aliphatic carbocycles. The van der Waals surface area contributed by atoms with E-state index in [0.717, 1.165) is 161 Å². The van der Waals surface area contributed by atoms with Gasteiger partial charge in [0.05, 0.1) is 0 Å². The van der Waals surface area contributed by atoms with Gasteiger partial charge in [-0.2, -0.15) is 0 Å². The lowest BCUT2D eigenvalue weighted by Crippen LogP contribution is -2.30. The van der Waals surface area contributed by atoms with Crippen LogP contribution in [0.3, 0.4) is 0 Å². The summed E-state index contributed by atoms with van der Waals surface area (Å²) >= 11 is 0. The summed E-state index contributed by atoms with van der Waals surface area (Å²) in [5.41, 5.74) is 0. The van der Waals surface area contributed by atoms with Crippen molar-refractivity contribution in [1.82, 2.24) is 0 Å². The monoisotopic (exact) mass is 953 g/mol. The summed E-state index contributed by atoms with van der Waals surface area (Å²) in [7, 11) is 0. The maximum absolute atomic E-state index is 12.8. The van der Waals surface area contributed by atoms with Crippen LogP contribution in [0.1, 0.15) is 226 Å². The molecule has 0 saturated carbocycles. The molecule has 388 valence electrons. The second-order valence-electron chi connectivity index (χ2n) is 17.7. The highest BCUT2D eigenvalue weighted by Gasteiger charge is 2.19. The molecule has 0 radical (unpaired) electrons. The summed E-state index contributed by atoms with van der Waals surface area (Å²) in [6.45, 7) is 6.31. The van der Waals surface area contributed by atoms with Crippen LogP contribution < -0.4 is 0 Å². The van der Waals surface area contributed by atoms with Crippen molar-refractivity contribution in [2.45, 2.75) is 232 Å². The minimum absolute atomic E-state index is 0.112. The van der Waals surface area contributed by atoms with Crippen molar-refractivity contribution in [2.75, 3.05) is 13.2 Å². The summed E-state index contributed by atoms with van der Waals surface area (Å²) in [6, 6.07) is 0. The number of hydrogen-bond donors (Lipinski definition) is 0. The van der Waals surface area contributed by atoms with Gasteiger partial charge in [0.15, 0.2) is 6.10 Å². The van der Waals surface area contributed by atoms with E-state index in [-0.39, 0.29) is 37.5 Å². The van der Waals surface area contributed by atoms with Crippen LogP contribution in [0.2, 0.25) is 0 Å². The number of rotatable bonds is 48. The van der Waals surface area contributed by atoms with E-state index in [9.17, 15) is 14.4 Å². The van der Waals surface area contributed by atoms with Crippen molar-refractivity contribution in [3.63, 3.8) is 0 Å². The van der Waals surface area contributed by atoms with Gasteiger partial charge >= 0.3 is 17.9 Å². The Balaban J connectivity index is 4.54. The second-order valence-corrected chi connectivity index (χ2v) is 17.7. The molecule has 0 rings (SSSR count). The lowest BCUT2D eigenvalue weighted by molar-refractivity contribution is -0.167. The summed E-state index contributed by atoms with van der Waals surface area (Å²) in [5, 5.41) is 0. The van der Waals surface area contributed by atoms with Crippen molar-refractivity contribution >= 4 is 17.9 Å². The molecule has 6 heteroatoms. The topological polar surface area (TPSA) is 78.9 Å². The predicted octanol–water partition coefficient (Wildman–Crippen LogP) is 18.6. The molecule has 0 unspecified atom stereocenters. The number of ether oxygens (including phenoxy) is 3. The number of unbranched alkanes of at least 4 members (excludes halogenated alkanes) is 15. The Morgan fingerprint density at radius 2 is 0.565 bits per heavy atom. The van der Waals surface area contributed by atoms with E-state index in [1.165, 1.54) is 25.7 Å². The molecule has 0 aliphatic rings. The van der Waals surface area contributed by atoms with Gasteiger partial charge in [0.2, 0.25) is 0 Å². The highest BCUT2D eigenvalue weighted by Crippen LogP contribution is 2.12. The van der Waals surface area contributed by atoms with Crippen molar-refractivity contribution in [3.8, 4) is 0 Å². The van der Waals surface area contributed by atoms with Crippen LogP contribution in [0.5, 0.6) is 0 Å². The summed E-state index contributed by atoms with van der Waals surface area (Å²) < 4.78 is 16.8. The Hall–Kier alpha value is -4.45. The van der Waals surface area contributed by atoms with Crippen LogP contribution in [0.25, 0.3) is 0 Å². The molecule has 0 amide bonds. The molecular weight excluding hydrogens is 853 g/mol. The SMILES string of the molecule is CC/C=C\C/C=C\C/C=C\C/C=C\C/C=C\CCCCCC(=O)OC[C@H](COC(=O)CCCCCCC/C=C\C/C=C\C/C=C\CC)OC(=O)CCCCCC/C=C\C/C=C\C/C=C\CCCCC. The van der Waals surface area contributed by atoms with Gasteiger partial charge in [-0.25, -0.2) is 0 Å². The average molecular weight is 953 g/mol. The number of hydrogen-bond acceptors (Lipinski definition) is 6. The van der Waals surface area contributed by atoms with Gasteiger partial charge in [-0.1, -0.05) is 206 Å². The van der Waals surface area contributed by atoms with Gasteiger partial charge in [0, 0.05) is 19.3 Å². The highest BCUT2D eigenvalue weighted by atomic mass is 16.6. The molecule has 69 heavy (non-hydrogen) atoms. The molecule has 0 aliphatic heterocycles. The fraction of sp³-hybridized carbons (Fsp3) is 0.603. The van der Waals surface area contributed by atoms with Crippen molar-refractivity contribution in [1.29, 1.82) is 0 Å². The third-order valence-corrected chi connectivity index (χ3v) is 11.1. The Kier molecular flexibility index (Phi) is 52.5. The van der Waals surface area contributed by atoms with E-state index < -0.39 is 6.10 Å². The molecule has 0 heterocycles. The first-order chi connectivity index (χ1) is 34.0. The maximum atomic E-state index is 12.8. The molecule has 0 aromatic rings. The van der Waals surface area contributed by atoms with E-state index in [2.05, 4.69) is 154 Å². The molecule has 0 fully saturated rings. The Morgan fingerprint density at radius 3 is 0.899 bits per heavy atom. The smallest absolute Gasteiger partial charge is 0.306 e. The van der Waals surface area contributed by atoms with Crippen LogP contribution in [0.4, 0.5) is 0 Å². The zero-order valence-corrected chi connectivity index (χ0v) is 44.3. The molecule has 0 aromatic carbocycles. The molecular formula is C63H100O6. The third kappa shape index (κ3) is 54.4. The summed E-state index contributed by atoms with van der Waals surface area (Å²) in [5.74, 6) is -0.988. The highest BCUT2D eigenvalue weighted by molar-refractivity contribution is 5.71. The lowest BCUT2D eigenvalue weighted by atomic mass is 10.1. The van der Waals surface area contributed by atoms with Crippen molar-refractivity contribution < 1.29 is 28.6 Å². The maximum Gasteiger partial charge on any atom is 0.306 e. The van der Waals surface area contributed by atoms with E-state index >= 15 is 0 Å². The molecule has 0 spiro atoms. The van der Waals surface area contributed by atoms with Gasteiger partial charge < -0.3 is 14.2 Å². The molecule has 6 nitrogen and oxygen atoms in total. The summed E-state index contributed by atoms with van der Waals surface area (Å²) in [6.07, 6.45) is 78.6. The van der Waals surface area contributed by atoms with Gasteiger partial charge in [-0.3, -0.25) is 14.4 Å². The lowest BCUT2D eigenvalue weighted by Gasteiger charge is -2.18. The van der Waals surface area contributed by atoms with Crippen LogP contribution in [0, 0.1) is 0 Å². The standard InChI is InChI=1S/C63H100O6/c1-4-7-10-13-16-19-22-25-28-30-31-33-35-38-41-44-47-50-53-56-62(65)68-59-60(58-67-61(64)55-52-49-46-43-40-37-34-27-24-21-18-15-12-9-6-3)69-63(66)57-54-51-48-45-42-39-36-32-29-26-23-20-17-14-11-8-5-2/h7,9-10,12,16-21,25-29,31,33-34,36,38-39,41,60H,4-6,8,11,13-15,22-24,30,32,35,37,40,42-59H2,1-3H3/b10-7-,12-9-,19-16-,20-17-,21-18-,28-25-,29-26-,33-31-,34-27-,39-36-,41-38-/t60-/m0/s1. The molecule has 0 aromatic heterocycles. The van der Waals surface area contributed by atoms with Gasteiger partial charge in [-0.15, -0.1) is 0 Å². The third-order valence-electron chi connectivity index (χ3n) is 11.1. The molecule has 1 atom stereocenters. The van der Waals surface area contributed by atoms with E-state index in [1.54, 1.807) is 0 Å². The van der Waals surface area contributed by atoms with Crippen LogP contribution >= 0.6 is 0 Å². The fourth-order valence-electron chi connectivity index (χ4n) is 7.02. The molecule has 0 N–H and O–H groups in total. The Bertz CT molecular complexity index is 1510. The number of allylic oxidation sites excluding steroid dienone is 22. The van der Waals surface area contributed by atoms with Crippen molar-refractivity contribution in [3.05, 3.63) is 134 Å². The molecule has 0 saturated heterocycles. The predicted molar refractivity (Wildman–Crippen MR) is 297 cm³/mol. The quantitative estimate of drug-likeness (QED) is 0.0262. The number of carbonyl (C=O) groups excluding carboxylic acids is 3.